The molecule has 2 rings (SSSR count). The first-order valence-corrected chi connectivity index (χ1v) is 6.10. The Bertz CT molecular complexity index is 650. The Hall–Kier alpha value is -2.02. The number of ether oxygens (including phenoxy) is 1. The second-order valence-electron chi connectivity index (χ2n) is 3.89. The third-order valence-electron chi connectivity index (χ3n) is 2.67. The molecule has 0 fully saturated rings. The quantitative estimate of drug-likeness (QED) is 0.404. The first kappa shape index (κ1) is 13.4. The van der Waals surface area contributed by atoms with Gasteiger partial charge in [-0.1, -0.05) is 0 Å². The number of non-ortho nitro benzene ring substituents is 1. The number of carbonyl (C=O) groups excluding carboxylic acids is 1. The van der Waals surface area contributed by atoms with Gasteiger partial charge in [-0.05, 0) is 19.1 Å². The van der Waals surface area contributed by atoms with Gasteiger partial charge in [0.15, 0.2) is 0 Å². The van der Waals surface area contributed by atoms with Crippen LogP contribution in [0.15, 0.2) is 29.3 Å². The van der Waals surface area contributed by atoms with Gasteiger partial charge in [0.25, 0.3) is 5.69 Å². The summed E-state index contributed by atoms with van der Waals surface area (Å²) < 4.78 is 6.53. The minimum atomic E-state index is -0.458. The van der Waals surface area contributed by atoms with Crippen LogP contribution in [0.25, 0.3) is 10.9 Å². The lowest BCUT2D eigenvalue weighted by Crippen LogP contribution is -2.13. The molecular formula is C12H12N2O4S. The summed E-state index contributed by atoms with van der Waals surface area (Å²) >= 11 is 4.27. The predicted molar refractivity (Wildman–Crippen MR) is 72.5 cm³/mol. The molecule has 1 heterocycles. The largest absolute Gasteiger partial charge is 0.465 e. The van der Waals surface area contributed by atoms with E-state index in [9.17, 15) is 14.9 Å². The van der Waals surface area contributed by atoms with Crippen LogP contribution >= 0.6 is 12.6 Å². The first-order valence-electron chi connectivity index (χ1n) is 5.65. The maximum absolute atomic E-state index is 11.5. The van der Waals surface area contributed by atoms with E-state index in [2.05, 4.69) is 12.6 Å². The molecule has 0 bridgehead atoms. The van der Waals surface area contributed by atoms with E-state index in [0.29, 0.717) is 22.5 Å². The molecule has 100 valence electrons. The summed E-state index contributed by atoms with van der Waals surface area (Å²) in [5.41, 5.74) is 0.720. The van der Waals surface area contributed by atoms with Gasteiger partial charge in [0.05, 0.1) is 16.6 Å². The van der Waals surface area contributed by atoms with Gasteiger partial charge in [0, 0.05) is 23.0 Å². The van der Waals surface area contributed by atoms with E-state index in [0.717, 1.165) is 0 Å². The SMILES string of the molecule is CCOC(=O)Cn1c(S)cc2cc([N+](=O)[O-])ccc21. The Morgan fingerprint density at radius 1 is 1.47 bits per heavy atom. The van der Waals surface area contributed by atoms with Crippen LogP contribution in [0.4, 0.5) is 5.69 Å². The Labute approximate surface area is 114 Å². The number of aromatic nitrogens is 1. The zero-order chi connectivity index (χ0) is 14.0. The van der Waals surface area contributed by atoms with Crippen LogP contribution in [-0.2, 0) is 16.1 Å². The van der Waals surface area contributed by atoms with Gasteiger partial charge in [0.2, 0.25) is 0 Å². The van der Waals surface area contributed by atoms with Gasteiger partial charge in [-0.2, -0.15) is 0 Å². The molecule has 0 amide bonds. The van der Waals surface area contributed by atoms with E-state index < -0.39 is 4.92 Å². The Balaban J connectivity index is 2.42. The molecule has 2 aromatic rings. The molecule has 0 aliphatic heterocycles. The highest BCUT2D eigenvalue weighted by Gasteiger charge is 2.13. The summed E-state index contributed by atoms with van der Waals surface area (Å²) in [7, 11) is 0. The van der Waals surface area contributed by atoms with Gasteiger partial charge in [-0.25, -0.2) is 0 Å². The van der Waals surface area contributed by atoms with Crippen LogP contribution in [0.2, 0.25) is 0 Å². The van der Waals surface area contributed by atoms with Gasteiger partial charge in [-0.15, -0.1) is 12.6 Å². The third-order valence-corrected chi connectivity index (χ3v) is 3.04. The number of hydrogen-bond acceptors (Lipinski definition) is 5. The van der Waals surface area contributed by atoms with Crippen molar-refractivity contribution < 1.29 is 14.5 Å². The molecule has 0 N–H and O–H groups in total. The lowest BCUT2D eigenvalue weighted by molar-refractivity contribution is -0.384. The van der Waals surface area contributed by atoms with E-state index in [-0.39, 0.29) is 18.2 Å². The van der Waals surface area contributed by atoms with Crippen molar-refractivity contribution in [2.24, 2.45) is 0 Å². The van der Waals surface area contributed by atoms with Crippen molar-refractivity contribution in [1.82, 2.24) is 4.57 Å². The summed E-state index contributed by atoms with van der Waals surface area (Å²) in [6, 6.07) is 6.14. The van der Waals surface area contributed by atoms with Crippen molar-refractivity contribution in [3.05, 3.63) is 34.4 Å². The fourth-order valence-electron chi connectivity index (χ4n) is 1.86. The molecule has 1 aromatic heterocycles. The van der Waals surface area contributed by atoms with Crippen LogP contribution in [0.3, 0.4) is 0 Å². The summed E-state index contributed by atoms with van der Waals surface area (Å²) in [5, 5.41) is 11.9. The highest BCUT2D eigenvalue weighted by molar-refractivity contribution is 7.80. The van der Waals surface area contributed by atoms with Crippen molar-refractivity contribution in [3.63, 3.8) is 0 Å². The fraction of sp³-hybridized carbons (Fsp3) is 0.250. The average molecular weight is 280 g/mol. The topological polar surface area (TPSA) is 74.4 Å². The highest BCUT2D eigenvalue weighted by atomic mass is 32.1. The molecule has 0 radical (unpaired) electrons. The molecule has 7 heteroatoms. The Morgan fingerprint density at radius 3 is 2.84 bits per heavy atom. The number of benzene rings is 1. The summed E-state index contributed by atoms with van der Waals surface area (Å²) in [6.45, 7) is 2.08. The maximum Gasteiger partial charge on any atom is 0.325 e. The monoisotopic (exact) mass is 280 g/mol. The molecular weight excluding hydrogens is 268 g/mol. The Morgan fingerprint density at radius 2 is 2.21 bits per heavy atom. The number of hydrogen-bond donors (Lipinski definition) is 1. The maximum atomic E-state index is 11.5. The van der Waals surface area contributed by atoms with Crippen LogP contribution in [0.1, 0.15) is 6.92 Å². The minimum absolute atomic E-state index is 0.00844. The van der Waals surface area contributed by atoms with Crippen molar-refractivity contribution >= 4 is 35.2 Å². The normalized spacial score (nSPS) is 10.6. The van der Waals surface area contributed by atoms with E-state index >= 15 is 0 Å². The predicted octanol–water partition coefficient (Wildman–Crippen LogP) is 2.40. The van der Waals surface area contributed by atoms with Crippen molar-refractivity contribution in [2.45, 2.75) is 18.5 Å². The number of rotatable bonds is 4. The first-order chi connectivity index (χ1) is 9.02. The van der Waals surface area contributed by atoms with Gasteiger partial charge >= 0.3 is 5.97 Å². The van der Waals surface area contributed by atoms with Crippen LogP contribution in [0, 0.1) is 10.1 Å². The number of nitro groups is 1. The molecule has 0 spiro atoms. The van der Waals surface area contributed by atoms with Gasteiger partial charge in [0.1, 0.15) is 6.54 Å². The summed E-state index contributed by atoms with van der Waals surface area (Å²) in [5.74, 6) is -0.367. The lowest BCUT2D eigenvalue weighted by Gasteiger charge is -2.06. The van der Waals surface area contributed by atoms with Gasteiger partial charge < -0.3 is 9.30 Å². The highest BCUT2D eigenvalue weighted by Crippen LogP contribution is 2.26. The molecule has 1 aromatic carbocycles. The molecule has 0 aliphatic carbocycles. The number of nitrogens with zero attached hydrogens (tertiary/aromatic N) is 2. The smallest absolute Gasteiger partial charge is 0.325 e. The van der Waals surface area contributed by atoms with E-state index in [1.807, 2.05) is 0 Å². The molecule has 0 atom stereocenters. The molecule has 19 heavy (non-hydrogen) atoms. The van der Waals surface area contributed by atoms with Crippen molar-refractivity contribution in [1.29, 1.82) is 0 Å². The molecule has 0 unspecified atom stereocenters. The number of fused-ring (bicyclic) bond motifs is 1. The number of carbonyl (C=O) groups is 1. The average Bonchev–Trinajstić information content (AvgIpc) is 2.65. The number of esters is 1. The minimum Gasteiger partial charge on any atom is -0.465 e. The van der Waals surface area contributed by atoms with E-state index in [1.54, 1.807) is 23.6 Å². The van der Waals surface area contributed by atoms with E-state index in [4.69, 9.17) is 4.74 Å². The molecule has 0 saturated heterocycles. The zero-order valence-corrected chi connectivity index (χ0v) is 11.1. The number of nitro benzene ring substituents is 1. The molecule has 0 saturated carbocycles. The van der Waals surface area contributed by atoms with Crippen LogP contribution < -0.4 is 0 Å². The van der Waals surface area contributed by atoms with E-state index in [1.165, 1.54) is 12.1 Å². The second kappa shape index (κ2) is 5.31. The summed E-state index contributed by atoms with van der Waals surface area (Å²) in [4.78, 5) is 21.7. The van der Waals surface area contributed by atoms with Crippen LogP contribution in [-0.4, -0.2) is 22.1 Å². The van der Waals surface area contributed by atoms with Crippen molar-refractivity contribution in [2.75, 3.05) is 6.61 Å². The zero-order valence-electron chi connectivity index (χ0n) is 10.2. The second-order valence-corrected chi connectivity index (χ2v) is 4.35. The van der Waals surface area contributed by atoms with Gasteiger partial charge in [-0.3, -0.25) is 14.9 Å². The Kier molecular flexibility index (Phi) is 3.75. The lowest BCUT2D eigenvalue weighted by atomic mass is 10.2. The number of thiol groups is 1. The van der Waals surface area contributed by atoms with Crippen LogP contribution in [0.5, 0.6) is 0 Å². The standard InChI is InChI=1S/C12H12N2O4S/c1-2-18-12(15)7-13-10-4-3-9(14(16)17)5-8(10)6-11(13)19/h3-6,19H,2,7H2,1H3. The fourth-order valence-corrected chi connectivity index (χ4v) is 2.18. The summed E-state index contributed by atoms with van der Waals surface area (Å²) in [6.07, 6.45) is 0. The molecule has 0 aliphatic rings. The van der Waals surface area contributed by atoms with Crippen molar-refractivity contribution in [3.8, 4) is 0 Å². The third kappa shape index (κ3) is 2.70. The molecule has 6 nitrogen and oxygen atoms in total.